The number of aryl methyl sites for hydroxylation is 1. The molecule has 33 heavy (non-hydrogen) atoms. The Balaban J connectivity index is 1.40. The summed E-state index contributed by atoms with van der Waals surface area (Å²) in [5, 5.41) is 10.1. The van der Waals surface area contributed by atoms with E-state index in [2.05, 4.69) is 32.5 Å². The van der Waals surface area contributed by atoms with Gasteiger partial charge >= 0.3 is 0 Å². The number of nitrogens with zero attached hydrogens (tertiary/aromatic N) is 4. The lowest BCUT2D eigenvalue weighted by atomic mass is 10.2. The zero-order valence-corrected chi connectivity index (χ0v) is 21.0. The van der Waals surface area contributed by atoms with Gasteiger partial charge in [0, 0.05) is 11.8 Å². The number of amides is 1. The molecule has 0 radical (unpaired) electrons. The summed E-state index contributed by atoms with van der Waals surface area (Å²) in [6.45, 7) is 2.51. The quantitative estimate of drug-likeness (QED) is 0.315. The number of carbonyl (C=O) groups is 1. The summed E-state index contributed by atoms with van der Waals surface area (Å²) in [4.78, 5) is 15.2. The molecule has 1 amide bonds. The van der Waals surface area contributed by atoms with E-state index in [0.717, 1.165) is 36.9 Å². The molecule has 0 atom stereocenters. The molecule has 1 N–H and O–H groups in total. The second-order valence-corrected chi connectivity index (χ2v) is 10.9. The second kappa shape index (κ2) is 9.54. The fourth-order valence-electron chi connectivity index (χ4n) is 3.49. The number of hydrazone groups is 1. The van der Waals surface area contributed by atoms with Crippen LogP contribution in [0.4, 0.5) is 5.69 Å². The van der Waals surface area contributed by atoms with Crippen LogP contribution in [0.15, 0.2) is 81.8 Å². The molecule has 4 aromatic rings. The Morgan fingerprint density at radius 1 is 1.06 bits per heavy atom. The van der Waals surface area contributed by atoms with E-state index in [4.69, 9.17) is 5.10 Å². The van der Waals surface area contributed by atoms with E-state index in [1.807, 2.05) is 78.5 Å². The minimum atomic E-state index is 0.0328. The van der Waals surface area contributed by atoms with E-state index in [1.165, 1.54) is 11.8 Å². The van der Waals surface area contributed by atoms with Crippen LogP contribution in [0, 0.1) is 6.92 Å². The molecule has 2 aromatic carbocycles. The Kier molecular flexibility index (Phi) is 6.34. The number of halogens is 1. The van der Waals surface area contributed by atoms with E-state index in [1.54, 1.807) is 16.2 Å². The van der Waals surface area contributed by atoms with Crippen LogP contribution >= 0.6 is 39.0 Å². The number of para-hydroxylation sites is 1. The Labute approximate surface area is 208 Å². The molecule has 1 aliphatic rings. The molecular weight excluding hydrogens is 518 g/mol. The molecule has 2 aromatic heterocycles. The maximum Gasteiger partial charge on any atom is 0.243 e. The lowest BCUT2D eigenvalue weighted by Crippen LogP contribution is -2.30. The number of nitrogens with one attached hydrogen (secondary N) is 1. The molecule has 9 heteroatoms. The van der Waals surface area contributed by atoms with Gasteiger partial charge in [0.05, 0.1) is 32.3 Å². The predicted molar refractivity (Wildman–Crippen MR) is 140 cm³/mol. The van der Waals surface area contributed by atoms with Crippen LogP contribution in [-0.2, 0) is 11.3 Å². The largest absolute Gasteiger partial charge is 0.303 e. The van der Waals surface area contributed by atoms with Crippen molar-refractivity contribution in [2.75, 3.05) is 10.7 Å². The van der Waals surface area contributed by atoms with Crippen LogP contribution in [-0.4, -0.2) is 26.6 Å². The molecule has 1 aliphatic heterocycles. The van der Waals surface area contributed by atoms with Crippen molar-refractivity contribution in [1.82, 2.24) is 15.2 Å². The van der Waals surface area contributed by atoms with Crippen LogP contribution in [0.25, 0.3) is 16.3 Å². The van der Waals surface area contributed by atoms with Crippen molar-refractivity contribution in [3.63, 3.8) is 0 Å². The number of benzene rings is 2. The lowest BCUT2D eigenvalue weighted by Gasteiger charge is -2.16. The molecule has 0 unspecified atom stereocenters. The highest BCUT2D eigenvalue weighted by molar-refractivity contribution is 9.11. The van der Waals surface area contributed by atoms with Crippen molar-refractivity contribution in [2.24, 2.45) is 5.10 Å². The molecule has 0 aliphatic carbocycles. The zero-order valence-electron chi connectivity index (χ0n) is 17.7. The van der Waals surface area contributed by atoms with Gasteiger partial charge in [-0.2, -0.15) is 10.2 Å². The number of hydrogen-bond acceptors (Lipinski definition) is 6. The van der Waals surface area contributed by atoms with Gasteiger partial charge in [-0.15, -0.1) is 11.3 Å². The number of aromatic nitrogens is 2. The number of rotatable bonds is 6. The van der Waals surface area contributed by atoms with Gasteiger partial charge in [0.1, 0.15) is 5.69 Å². The molecule has 6 nitrogen and oxygen atoms in total. The summed E-state index contributed by atoms with van der Waals surface area (Å²) >= 11 is 6.63. The van der Waals surface area contributed by atoms with Crippen LogP contribution < -0.4 is 10.3 Å². The molecule has 3 heterocycles. The molecular formula is C24H20BrN5OS2. The topological polar surface area (TPSA) is 62.5 Å². The van der Waals surface area contributed by atoms with Gasteiger partial charge in [-0.1, -0.05) is 47.7 Å². The monoisotopic (exact) mass is 537 g/mol. The van der Waals surface area contributed by atoms with Crippen molar-refractivity contribution >= 4 is 55.8 Å². The average molecular weight is 538 g/mol. The third-order valence-corrected chi connectivity index (χ3v) is 7.67. The highest BCUT2D eigenvalue weighted by Crippen LogP contribution is 2.33. The Morgan fingerprint density at radius 3 is 2.58 bits per heavy atom. The molecule has 1 fully saturated rings. The van der Waals surface area contributed by atoms with Crippen molar-refractivity contribution in [1.29, 1.82) is 0 Å². The first-order valence-corrected chi connectivity index (χ1v) is 12.9. The smallest absolute Gasteiger partial charge is 0.243 e. The van der Waals surface area contributed by atoms with Gasteiger partial charge in [-0.05, 0) is 59.3 Å². The lowest BCUT2D eigenvalue weighted by molar-refractivity contribution is -0.115. The maximum atomic E-state index is 12.5. The first-order chi connectivity index (χ1) is 16.1. The van der Waals surface area contributed by atoms with Gasteiger partial charge < -0.3 is 5.43 Å². The van der Waals surface area contributed by atoms with Gasteiger partial charge in [0.25, 0.3) is 0 Å². The fourth-order valence-corrected chi connectivity index (χ4v) is 5.74. The predicted octanol–water partition coefficient (Wildman–Crippen LogP) is 5.81. The SMILES string of the molecule is Cc1ccc(N2C(=O)CS/C2=N\NCc2cn(-c3ccccc3)nc2-c2ccc(Br)s2)cc1. The molecule has 0 saturated carbocycles. The van der Waals surface area contributed by atoms with E-state index >= 15 is 0 Å². The molecule has 0 bridgehead atoms. The van der Waals surface area contributed by atoms with E-state index in [-0.39, 0.29) is 5.91 Å². The van der Waals surface area contributed by atoms with Crippen LogP contribution in [0.2, 0.25) is 0 Å². The summed E-state index contributed by atoms with van der Waals surface area (Å²) in [5.41, 5.74) is 8.08. The van der Waals surface area contributed by atoms with Crippen molar-refractivity contribution in [3.05, 3.63) is 87.8 Å². The Hall–Kier alpha value is -2.88. The number of hydrogen-bond donors (Lipinski definition) is 1. The summed E-state index contributed by atoms with van der Waals surface area (Å²) < 4.78 is 2.94. The van der Waals surface area contributed by atoms with Gasteiger partial charge in [0.2, 0.25) is 5.91 Å². The number of amidine groups is 1. The first kappa shape index (κ1) is 21.9. The van der Waals surface area contributed by atoms with Gasteiger partial charge in [-0.3, -0.25) is 9.69 Å². The average Bonchev–Trinajstić information content (AvgIpc) is 3.54. The summed E-state index contributed by atoms with van der Waals surface area (Å²) in [7, 11) is 0. The van der Waals surface area contributed by atoms with E-state index < -0.39 is 0 Å². The van der Waals surface area contributed by atoms with Crippen molar-refractivity contribution in [2.45, 2.75) is 13.5 Å². The van der Waals surface area contributed by atoms with Crippen molar-refractivity contribution < 1.29 is 4.79 Å². The highest BCUT2D eigenvalue weighted by Gasteiger charge is 2.29. The number of thiophene rings is 1. The first-order valence-electron chi connectivity index (χ1n) is 10.3. The molecule has 0 spiro atoms. The third kappa shape index (κ3) is 4.75. The number of carbonyl (C=O) groups excluding carboxylic acids is 1. The van der Waals surface area contributed by atoms with Gasteiger partial charge in [-0.25, -0.2) is 4.68 Å². The summed E-state index contributed by atoms with van der Waals surface area (Å²) in [5.74, 6) is 0.417. The third-order valence-electron chi connectivity index (χ3n) is 5.12. The van der Waals surface area contributed by atoms with Crippen LogP contribution in [0.5, 0.6) is 0 Å². The minimum Gasteiger partial charge on any atom is -0.303 e. The molecule has 166 valence electrons. The summed E-state index contributed by atoms with van der Waals surface area (Å²) in [6, 6.07) is 22.0. The second-order valence-electron chi connectivity index (χ2n) is 7.47. The fraction of sp³-hybridized carbons (Fsp3) is 0.125. The van der Waals surface area contributed by atoms with Crippen molar-refractivity contribution in [3.8, 4) is 16.3 Å². The molecule has 1 saturated heterocycles. The Morgan fingerprint density at radius 2 is 1.85 bits per heavy atom. The number of anilines is 1. The Bertz CT molecular complexity index is 1310. The zero-order chi connectivity index (χ0) is 22.8. The van der Waals surface area contributed by atoms with E-state index in [0.29, 0.717) is 17.5 Å². The van der Waals surface area contributed by atoms with E-state index in [9.17, 15) is 4.79 Å². The maximum absolute atomic E-state index is 12.5. The molecule has 5 rings (SSSR count). The summed E-state index contributed by atoms with van der Waals surface area (Å²) in [6.07, 6.45) is 2.02. The standard InChI is InChI=1S/C24H20BrN5OS2/c1-16-7-9-19(10-8-16)30-22(31)15-32-24(30)27-26-13-17-14-29(18-5-3-2-4-6-18)28-23(17)20-11-12-21(25)33-20/h2-12,14,26H,13,15H2,1H3/b27-24-. The highest BCUT2D eigenvalue weighted by atomic mass is 79.9. The normalized spacial score (nSPS) is 14.9. The van der Waals surface area contributed by atoms with Gasteiger partial charge in [0.15, 0.2) is 5.17 Å². The number of thioether (sulfide) groups is 1. The minimum absolute atomic E-state index is 0.0328. The van der Waals surface area contributed by atoms with Crippen LogP contribution in [0.3, 0.4) is 0 Å². The van der Waals surface area contributed by atoms with Crippen LogP contribution in [0.1, 0.15) is 11.1 Å².